The van der Waals surface area contributed by atoms with E-state index < -0.39 is 0 Å². The zero-order chi connectivity index (χ0) is 10.9. The van der Waals surface area contributed by atoms with Gasteiger partial charge in [0, 0.05) is 18.3 Å². The summed E-state index contributed by atoms with van der Waals surface area (Å²) >= 11 is 0. The fraction of sp³-hybridized carbons (Fsp3) is 0.727. The summed E-state index contributed by atoms with van der Waals surface area (Å²) in [6.07, 6.45) is 0.600. The van der Waals surface area contributed by atoms with Gasteiger partial charge in [-0.2, -0.15) is 5.10 Å². The van der Waals surface area contributed by atoms with Gasteiger partial charge in [0.2, 0.25) is 0 Å². The average Bonchev–Trinajstić information content (AvgIpc) is 2.39. The van der Waals surface area contributed by atoms with Gasteiger partial charge in [-0.05, 0) is 19.8 Å². The lowest BCUT2D eigenvalue weighted by atomic mass is 9.94. The Balaban J connectivity index is 3.05. The van der Waals surface area contributed by atoms with E-state index in [4.69, 9.17) is 0 Å². The molecule has 1 N–H and O–H groups in total. The molecular formula is C11H20N2O. The second-order valence-electron chi connectivity index (χ2n) is 4.04. The van der Waals surface area contributed by atoms with Crippen LogP contribution in [0.4, 0.5) is 0 Å². The molecule has 0 bridgehead atoms. The lowest BCUT2D eigenvalue weighted by Gasteiger charge is -2.17. The van der Waals surface area contributed by atoms with Crippen LogP contribution in [0.15, 0.2) is 0 Å². The zero-order valence-corrected chi connectivity index (χ0v) is 9.70. The number of aryl methyl sites for hydroxylation is 2. The highest BCUT2D eigenvalue weighted by molar-refractivity contribution is 5.27. The van der Waals surface area contributed by atoms with Gasteiger partial charge in [0.25, 0.3) is 0 Å². The predicted molar refractivity (Wildman–Crippen MR) is 57.1 cm³/mol. The van der Waals surface area contributed by atoms with Gasteiger partial charge in [-0.15, -0.1) is 0 Å². The zero-order valence-electron chi connectivity index (χ0n) is 9.70. The molecule has 0 saturated heterocycles. The molecule has 1 rings (SSSR count). The summed E-state index contributed by atoms with van der Waals surface area (Å²) in [5, 5.41) is 14.4. The maximum Gasteiger partial charge on any atom is 0.0851 e. The van der Waals surface area contributed by atoms with Crippen LogP contribution in [-0.2, 0) is 7.05 Å². The Morgan fingerprint density at radius 3 is 2.36 bits per heavy atom. The molecule has 1 aromatic heterocycles. The minimum absolute atomic E-state index is 0.289. The molecule has 3 heteroatoms. The van der Waals surface area contributed by atoms with Crippen molar-refractivity contribution in [3.8, 4) is 0 Å². The number of rotatable bonds is 3. The average molecular weight is 196 g/mol. The monoisotopic (exact) mass is 196 g/mol. The number of hydrogen-bond donors (Lipinski definition) is 1. The molecule has 0 aliphatic rings. The van der Waals surface area contributed by atoms with Crippen molar-refractivity contribution in [1.82, 2.24) is 9.78 Å². The molecule has 0 spiro atoms. The van der Waals surface area contributed by atoms with E-state index in [1.807, 2.05) is 25.6 Å². The summed E-state index contributed by atoms with van der Waals surface area (Å²) < 4.78 is 1.83. The third-order valence-electron chi connectivity index (χ3n) is 3.04. The molecule has 0 aliphatic heterocycles. The van der Waals surface area contributed by atoms with Crippen LogP contribution < -0.4 is 0 Å². The van der Waals surface area contributed by atoms with Crippen molar-refractivity contribution >= 4 is 0 Å². The predicted octanol–water partition coefficient (Wildman–Crippen LogP) is 2.12. The standard InChI is InChI=1S/C11H20N2O/c1-6-7(2)11(14)10-8(3)12-13(5)9(10)4/h7,11,14H,6H2,1-5H3. The van der Waals surface area contributed by atoms with Gasteiger partial charge in [0.05, 0.1) is 11.8 Å². The van der Waals surface area contributed by atoms with Gasteiger partial charge in [0.1, 0.15) is 0 Å². The first kappa shape index (κ1) is 11.2. The number of aliphatic hydroxyl groups excluding tert-OH is 1. The fourth-order valence-electron chi connectivity index (χ4n) is 1.73. The molecule has 0 aliphatic carbocycles. The van der Waals surface area contributed by atoms with Crippen molar-refractivity contribution in [3.05, 3.63) is 17.0 Å². The highest BCUT2D eigenvalue weighted by Crippen LogP contribution is 2.28. The van der Waals surface area contributed by atoms with Crippen LogP contribution in [0.3, 0.4) is 0 Å². The lowest BCUT2D eigenvalue weighted by molar-refractivity contribution is 0.114. The minimum Gasteiger partial charge on any atom is -0.388 e. The van der Waals surface area contributed by atoms with Crippen LogP contribution in [0.2, 0.25) is 0 Å². The lowest BCUT2D eigenvalue weighted by Crippen LogP contribution is -2.10. The van der Waals surface area contributed by atoms with Crippen LogP contribution in [0.5, 0.6) is 0 Å². The van der Waals surface area contributed by atoms with Crippen LogP contribution in [0, 0.1) is 19.8 Å². The number of hydrogen-bond acceptors (Lipinski definition) is 2. The van der Waals surface area contributed by atoms with E-state index in [-0.39, 0.29) is 12.0 Å². The van der Waals surface area contributed by atoms with Crippen molar-refractivity contribution in [2.75, 3.05) is 0 Å². The molecule has 0 saturated carbocycles. The summed E-state index contributed by atoms with van der Waals surface area (Å²) in [4.78, 5) is 0. The van der Waals surface area contributed by atoms with E-state index in [0.717, 1.165) is 23.4 Å². The molecule has 3 nitrogen and oxygen atoms in total. The Morgan fingerprint density at radius 1 is 1.43 bits per heavy atom. The van der Waals surface area contributed by atoms with Gasteiger partial charge in [-0.1, -0.05) is 20.3 Å². The van der Waals surface area contributed by atoms with Gasteiger partial charge in [-0.25, -0.2) is 0 Å². The summed E-state index contributed by atoms with van der Waals surface area (Å²) in [5.41, 5.74) is 3.01. The van der Waals surface area contributed by atoms with E-state index in [2.05, 4.69) is 18.9 Å². The van der Waals surface area contributed by atoms with Crippen molar-refractivity contribution in [2.45, 2.75) is 40.2 Å². The Morgan fingerprint density at radius 2 is 2.00 bits per heavy atom. The van der Waals surface area contributed by atoms with Crippen LogP contribution in [0.25, 0.3) is 0 Å². The van der Waals surface area contributed by atoms with Gasteiger partial charge in [-0.3, -0.25) is 4.68 Å². The molecule has 0 fully saturated rings. The first-order valence-corrected chi connectivity index (χ1v) is 5.17. The fourth-order valence-corrected chi connectivity index (χ4v) is 1.73. The van der Waals surface area contributed by atoms with Gasteiger partial charge in [0.15, 0.2) is 0 Å². The molecule has 0 radical (unpaired) electrons. The van der Waals surface area contributed by atoms with Crippen molar-refractivity contribution in [2.24, 2.45) is 13.0 Å². The molecule has 0 amide bonds. The molecule has 0 aromatic carbocycles. The Bertz CT molecular complexity index is 317. The third-order valence-corrected chi connectivity index (χ3v) is 3.04. The molecule has 2 atom stereocenters. The normalized spacial score (nSPS) is 15.6. The smallest absolute Gasteiger partial charge is 0.0851 e. The van der Waals surface area contributed by atoms with E-state index in [1.165, 1.54) is 0 Å². The molecule has 1 heterocycles. The van der Waals surface area contributed by atoms with E-state index in [9.17, 15) is 5.11 Å². The van der Waals surface area contributed by atoms with E-state index >= 15 is 0 Å². The van der Waals surface area contributed by atoms with Crippen molar-refractivity contribution in [1.29, 1.82) is 0 Å². The van der Waals surface area contributed by atoms with Gasteiger partial charge < -0.3 is 5.11 Å². The van der Waals surface area contributed by atoms with Crippen molar-refractivity contribution in [3.63, 3.8) is 0 Å². The number of nitrogens with zero attached hydrogens (tertiary/aromatic N) is 2. The SMILES string of the molecule is CCC(C)C(O)c1c(C)nn(C)c1C. The van der Waals surface area contributed by atoms with Crippen molar-refractivity contribution < 1.29 is 5.11 Å². The molecule has 80 valence electrons. The topological polar surface area (TPSA) is 38.1 Å². The number of aliphatic hydroxyl groups is 1. The summed E-state index contributed by atoms with van der Waals surface area (Å²) in [5.74, 6) is 0.289. The minimum atomic E-state index is -0.381. The number of aromatic nitrogens is 2. The highest BCUT2D eigenvalue weighted by atomic mass is 16.3. The highest BCUT2D eigenvalue weighted by Gasteiger charge is 2.21. The first-order chi connectivity index (χ1) is 6.49. The van der Waals surface area contributed by atoms with Crippen LogP contribution in [-0.4, -0.2) is 14.9 Å². The Hall–Kier alpha value is -0.830. The summed E-state index contributed by atoms with van der Waals surface area (Å²) in [6.45, 7) is 8.11. The summed E-state index contributed by atoms with van der Waals surface area (Å²) in [7, 11) is 1.91. The second kappa shape index (κ2) is 4.13. The quantitative estimate of drug-likeness (QED) is 0.804. The Kier molecular flexibility index (Phi) is 3.32. The maximum atomic E-state index is 10.1. The third kappa shape index (κ3) is 1.82. The van der Waals surface area contributed by atoms with Gasteiger partial charge >= 0.3 is 0 Å². The summed E-state index contributed by atoms with van der Waals surface area (Å²) in [6, 6.07) is 0. The Labute approximate surface area is 85.8 Å². The maximum absolute atomic E-state index is 10.1. The van der Waals surface area contributed by atoms with E-state index in [1.54, 1.807) is 0 Å². The van der Waals surface area contributed by atoms with Crippen LogP contribution >= 0.6 is 0 Å². The second-order valence-corrected chi connectivity index (χ2v) is 4.04. The molecular weight excluding hydrogens is 176 g/mol. The molecule has 2 unspecified atom stereocenters. The first-order valence-electron chi connectivity index (χ1n) is 5.17. The van der Waals surface area contributed by atoms with Crippen LogP contribution in [0.1, 0.15) is 43.3 Å². The molecule has 1 aromatic rings. The van der Waals surface area contributed by atoms with E-state index in [0.29, 0.717) is 0 Å². The molecule has 14 heavy (non-hydrogen) atoms. The largest absolute Gasteiger partial charge is 0.388 e.